The molecule has 4 nitrogen and oxygen atoms in total. The van der Waals surface area contributed by atoms with Gasteiger partial charge in [-0.15, -0.1) is 11.3 Å². The smallest absolute Gasteiger partial charge is 0.149 e. The number of benzene rings is 1. The summed E-state index contributed by atoms with van der Waals surface area (Å²) in [4.78, 5) is 7.88. The van der Waals surface area contributed by atoms with Crippen molar-refractivity contribution < 1.29 is 0 Å². The summed E-state index contributed by atoms with van der Waals surface area (Å²) in [6, 6.07) is 10.5. The Morgan fingerprint density at radius 1 is 1.10 bits per heavy atom. The van der Waals surface area contributed by atoms with E-state index in [4.69, 9.17) is 0 Å². The number of nitrogens with one attached hydrogen (secondary N) is 2. The van der Waals surface area contributed by atoms with E-state index in [1.807, 2.05) is 12.3 Å². The van der Waals surface area contributed by atoms with Crippen molar-refractivity contribution in [3.63, 3.8) is 0 Å². The highest BCUT2D eigenvalue weighted by molar-refractivity contribution is 7.21. The second kappa shape index (κ2) is 4.61. The van der Waals surface area contributed by atoms with E-state index in [1.54, 1.807) is 17.5 Å². The molecular formula is C15H12N4S. The van der Waals surface area contributed by atoms with E-state index in [0.29, 0.717) is 0 Å². The average Bonchev–Trinajstić information content (AvgIpc) is 3.17. The molecule has 0 bridgehead atoms. The Morgan fingerprint density at radius 2 is 2.00 bits per heavy atom. The summed E-state index contributed by atoms with van der Waals surface area (Å²) in [5.41, 5.74) is 4.59. The van der Waals surface area contributed by atoms with Crippen molar-refractivity contribution in [3.8, 4) is 10.6 Å². The molecule has 2 N–H and O–H groups in total. The zero-order valence-electron chi connectivity index (χ0n) is 10.6. The summed E-state index contributed by atoms with van der Waals surface area (Å²) in [5.74, 6) is 0. The van der Waals surface area contributed by atoms with Gasteiger partial charge in [0.15, 0.2) is 0 Å². The summed E-state index contributed by atoms with van der Waals surface area (Å²) < 4.78 is 1.23. The fourth-order valence-corrected chi connectivity index (χ4v) is 3.32. The fraction of sp³-hybridized carbons (Fsp3) is 0.0667. The summed E-state index contributed by atoms with van der Waals surface area (Å²) in [6.07, 6.45) is 6.65. The molecule has 1 aromatic carbocycles. The molecule has 0 unspecified atom stereocenters. The van der Waals surface area contributed by atoms with Gasteiger partial charge in [-0.25, -0.2) is 4.98 Å². The lowest BCUT2D eigenvalue weighted by Crippen LogP contribution is -1.84. The third-order valence-corrected chi connectivity index (χ3v) is 4.46. The van der Waals surface area contributed by atoms with Gasteiger partial charge in [0.25, 0.3) is 0 Å². The highest BCUT2D eigenvalue weighted by Crippen LogP contribution is 2.32. The summed E-state index contributed by atoms with van der Waals surface area (Å²) >= 11 is 1.71. The van der Waals surface area contributed by atoms with Gasteiger partial charge in [-0.2, -0.15) is 5.10 Å². The lowest BCUT2D eigenvalue weighted by atomic mass is 10.1. The zero-order chi connectivity index (χ0) is 13.4. The lowest BCUT2D eigenvalue weighted by molar-refractivity contribution is 1.09. The maximum Gasteiger partial charge on any atom is 0.149 e. The van der Waals surface area contributed by atoms with Crippen molar-refractivity contribution >= 4 is 21.7 Å². The monoisotopic (exact) mass is 280 g/mol. The van der Waals surface area contributed by atoms with E-state index >= 15 is 0 Å². The maximum atomic E-state index is 4.62. The molecule has 20 heavy (non-hydrogen) atoms. The van der Waals surface area contributed by atoms with Gasteiger partial charge in [0, 0.05) is 24.4 Å². The van der Waals surface area contributed by atoms with E-state index in [2.05, 4.69) is 50.6 Å². The van der Waals surface area contributed by atoms with E-state index in [0.717, 1.165) is 22.6 Å². The minimum atomic E-state index is 0.924. The van der Waals surface area contributed by atoms with E-state index in [9.17, 15) is 0 Å². The molecule has 0 saturated carbocycles. The molecule has 0 amide bonds. The van der Waals surface area contributed by atoms with Crippen molar-refractivity contribution in [1.82, 2.24) is 20.2 Å². The molecule has 0 radical (unpaired) electrons. The number of hydrogen-bond donors (Lipinski definition) is 2. The number of fused-ring (bicyclic) bond motifs is 1. The first kappa shape index (κ1) is 11.4. The fourth-order valence-electron chi connectivity index (χ4n) is 2.30. The molecule has 0 aliphatic carbocycles. The van der Waals surface area contributed by atoms with E-state index in [1.165, 1.54) is 15.8 Å². The van der Waals surface area contributed by atoms with Crippen LogP contribution in [-0.2, 0) is 6.42 Å². The van der Waals surface area contributed by atoms with Gasteiger partial charge in [0.05, 0.1) is 10.9 Å². The molecule has 0 fully saturated rings. The highest BCUT2D eigenvalue weighted by atomic mass is 32.1. The molecule has 4 rings (SSSR count). The van der Waals surface area contributed by atoms with Crippen molar-refractivity contribution in [2.24, 2.45) is 0 Å². The van der Waals surface area contributed by atoms with Gasteiger partial charge in [-0.1, -0.05) is 30.3 Å². The van der Waals surface area contributed by atoms with E-state index < -0.39 is 0 Å². The number of nitrogens with zero attached hydrogens (tertiary/aromatic N) is 2. The number of thiazole rings is 1. The van der Waals surface area contributed by atoms with Gasteiger partial charge in [0.2, 0.25) is 0 Å². The van der Waals surface area contributed by atoms with Crippen LogP contribution < -0.4 is 0 Å². The summed E-state index contributed by atoms with van der Waals surface area (Å²) in [7, 11) is 0. The maximum absolute atomic E-state index is 4.62. The van der Waals surface area contributed by atoms with Crippen LogP contribution in [0.5, 0.6) is 0 Å². The van der Waals surface area contributed by atoms with Crippen LogP contribution in [0.25, 0.3) is 20.9 Å². The molecule has 0 saturated heterocycles. The minimum Gasteiger partial charge on any atom is -0.345 e. The third-order valence-electron chi connectivity index (χ3n) is 3.28. The van der Waals surface area contributed by atoms with Crippen molar-refractivity contribution in [2.45, 2.75) is 6.42 Å². The first-order valence-electron chi connectivity index (χ1n) is 6.40. The van der Waals surface area contributed by atoms with Crippen LogP contribution in [0.4, 0.5) is 0 Å². The first-order valence-corrected chi connectivity index (χ1v) is 7.21. The zero-order valence-corrected chi connectivity index (χ0v) is 11.4. The Bertz CT molecular complexity index is 827. The molecular weight excluding hydrogens is 268 g/mol. The number of hydrogen-bond acceptors (Lipinski definition) is 3. The van der Waals surface area contributed by atoms with Gasteiger partial charge < -0.3 is 4.98 Å². The molecule has 0 atom stereocenters. The standard InChI is InChI=1S/C15H12N4S/c1-2-4-10(5-3-1)6-11-7-16-14-13(11)20-15(19-14)12-8-17-18-9-12/h1-5,7-9,16H,6H2,(H,17,18). The van der Waals surface area contributed by atoms with Gasteiger partial charge in [-0.3, -0.25) is 5.10 Å². The number of aromatic amines is 2. The van der Waals surface area contributed by atoms with E-state index in [-0.39, 0.29) is 0 Å². The Morgan fingerprint density at radius 3 is 2.80 bits per heavy atom. The number of rotatable bonds is 3. The van der Waals surface area contributed by atoms with Crippen LogP contribution in [0.1, 0.15) is 11.1 Å². The topological polar surface area (TPSA) is 57.4 Å². The molecule has 0 spiro atoms. The second-order valence-corrected chi connectivity index (χ2v) is 5.66. The van der Waals surface area contributed by atoms with Gasteiger partial charge in [-0.05, 0) is 11.1 Å². The molecule has 0 aliphatic heterocycles. The van der Waals surface area contributed by atoms with Crippen LogP contribution in [-0.4, -0.2) is 20.2 Å². The van der Waals surface area contributed by atoms with Crippen molar-refractivity contribution in [3.05, 3.63) is 60.0 Å². The van der Waals surface area contributed by atoms with Crippen LogP contribution in [0, 0.1) is 0 Å². The minimum absolute atomic E-state index is 0.924. The van der Waals surface area contributed by atoms with Crippen LogP contribution in [0.2, 0.25) is 0 Å². The summed E-state index contributed by atoms with van der Waals surface area (Å²) in [5, 5.41) is 7.80. The third kappa shape index (κ3) is 1.92. The van der Waals surface area contributed by atoms with Crippen molar-refractivity contribution in [2.75, 3.05) is 0 Å². The molecule has 4 aromatic rings. The molecule has 5 heteroatoms. The first-order chi connectivity index (χ1) is 9.90. The Balaban J connectivity index is 1.74. The van der Waals surface area contributed by atoms with Crippen molar-refractivity contribution in [1.29, 1.82) is 0 Å². The average molecular weight is 280 g/mol. The van der Waals surface area contributed by atoms with Crippen LogP contribution in [0.3, 0.4) is 0 Å². The molecule has 3 heterocycles. The Labute approximate surface area is 119 Å². The van der Waals surface area contributed by atoms with Crippen LogP contribution in [0.15, 0.2) is 48.9 Å². The molecule has 0 aliphatic rings. The Hall–Kier alpha value is -2.40. The quantitative estimate of drug-likeness (QED) is 0.602. The molecule has 98 valence electrons. The molecule has 3 aromatic heterocycles. The highest BCUT2D eigenvalue weighted by Gasteiger charge is 2.12. The number of H-pyrrole nitrogens is 2. The SMILES string of the molecule is c1ccc(Cc2c[nH]c3nc(-c4cn[nH]c4)sc23)cc1. The van der Waals surface area contributed by atoms with Gasteiger partial charge >= 0.3 is 0 Å². The largest absolute Gasteiger partial charge is 0.345 e. The predicted octanol–water partition coefficient (Wildman–Crippen LogP) is 3.61. The van der Waals surface area contributed by atoms with Gasteiger partial charge in [0.1, 0.15) is 10.7 Å². The van der Waals surface area contributed by atoms with Crippen LogP contribution >= 0.6 is 11.3 Å². The predicted molar refractivity (Wildman–Crippen MR) is 80.8 cm³/mol. The lowest BCUT2D eigenvalue weighted by Gasteiger charge is -1.97. The Kier molecular flexibility index (Phi) is 2.63. The summed E-state index contributed by atoms with van der Waals surface area (Å²) in [6.45, 7) is 0. The normalized spacial score (nSPS) is 11.2. The number of aromatic nitrogens is 4. The second-order valence-electron chi connectivity index (χ2n) is 4.66.